The van der Waals surface area contributed by atoms with Crippen molar-refractivity contribution in [2.45, 2.75) is 38.9 Å². The summed E-state index contributed by atoms with van der Waals surface area (Å²) in [5.41, 5.74) is 0.485. The van der Waals surface area contributed by atoms with E-state index >= 15 is 0 Å². The molecule has 0 atom stereocenters. The molecule has 3 nitrogen and oxygen atoms in total. The van der Waals surface area contributed by atoms with E-state index in [-0.39, 0.29) is 11.0 Å². The lowest BCUT2D eigenvalue weighted by molar-refractivity contribution is 0.0599. The SMILES string of the molecule is COC(=O)c1cccc(O[Si](C)(C)C(C)(C)C)c1Br. The van der Waals surface area contributed by atoms with Crippen molar-refractivity contribution in [2.24, 2.45) is 0 Å². The average Bonchev–Trinajstić information content (AvgIpc) is 2.29. The van der Waals surface area contributed by atoms with Crippen LogP contribution in [0.15, 0.2) is 22.7 Å². The van der Waals surface area contributed by atoms with Gasteiger partial charge >= 0.3 is 5.97 Å². The molecule has 0 aliphatic heterocycles. The minimum atomic E-state index is -1.93. The molecule has 0 bridgehead atoms. The van der Waals surface area contributed by atoms with Crippen molar-refractivity contribution in [1.29, 1.82) is 0 Å². The molecule has 0 aliphatic rings. The van der Waals surface area contributed by atoms with Crippen LogP contribution in [0.1, 0.15) is 31.1 Å². The first-order chi connectivity index (χ1) is 8.60. The fourth-order valence-corrected chi connectivity index (χ4v) is 2.97. The molecule has 0 aliphatic carbocycles. The molecule has 0 fully saturated rings. The molecule has 106 valence electrons. The minimum absolute atomic E-state index is 0.105. The number of carbonyl (C=O) groups excluding carboxylic acids is 1. The van der Waals surface area contributed by atoms with E-state index in [0.717, 1.165) is 0 Å². The number of hydrogen-bond donors (Lipinski definition) is 0. The molecule has 0 heterocycles. The number of rotatable bonds is 3. The number of benzene rings is 1. The Morgan fingerprint density at radius 3 is 2.32 bits per heavy atom. The number of hydrogen-bond acceptors (Lipinski definition) is 3. The normalized spacial score (nSPS) is 12.2. The molecule has 0 saturated carbocycles. The van der Waals surface area contributed by atoms with Crippen LogP contribution in [0.5, 0.6) is 5.75 Å². The van der Waals surface area contributed by atoms with Crippen LogP contribution >= 0.6 is 15.9 Å². The smallest absolute Gasteiger partial charge is 0.339 e. The van der Waals surface area contributed by atoms with Crippen LogP contribution in [0, 0.1) is 0 Å². The van der Waals surface area contributed by atoms with E-state index in [1.165, 1.54) is 7.11 Å². The Bertz CT molecular complexity index is 478. The summed E-state index contributed by atoms with van der Waals surface area (Å²) >= 11 is 3.44. The van der Waals surface area contributed by atoms with Gasteiger partial charge in [-0.05, 0) is 46.2 Å². The van der Waals surface area contributed by atoms with Crippen molar-refractivity contribution in [3.05, 3.63) is 28.2 Å². The fourth-order valence-electron chi connectivity index (χ4n) is 1.29. The monoisotopic (exact) mass is 344 g/mol. The third-order valence-electron chi connectivity index (χ3n) is 3.54. The number of ether oxygens (including phenoxy) is 1. The fraction of sp³-hybridized carbons (Fsp3) is 0.500. The molecule has 19 heavy (non-hydrogen) atoms. The van der Waals surface area contributed by atoms with Crippen molar-refractivity contribution < 1.29 is 14.0 Å². The standard InChI is InChI=1S/C14H21BrO3Si/c1-14(2,3)19(5,6)18-11-9-7-8-10(12(11)15)13(16)17-4/h7-9H,1-6H3. The van der Waals surface area contributed by atoms with E-state index in [2.05, 4.69) is 49.8 Å². The van der Waals surface area contributed by atoms with E-state index in [4.69, 9.17) is 9.16 Å². The van der Waals surface area contributed by atoms with Gasteiger partial charge in [-0.15, -0.1) is 0 Å². The average molecular weight is 345 g/mol. The Morgan fingerprint density at radius 2 is 1.84 bits per heavy atom. The van der Waals surface area contributed by atoms with Gasteiger partial charge < -0.3 is 9.16 Å². The Kier molecular flexibility index (Phi) is 4.85. The maximum atomic E-state index is 11.7. The Morgan fingerprint density at radius 1 is 1.26 bits per heavy atom. The van der Waals surface area contributed by atoms with E-state index in [1.54, 1.807) is 12.1 Å². The quantitative estimate of drug-likeness (QED) is 0.592. The van der Waals surface area contributed by atoms with Crippen molar-refractivity contribution >= 4 is 30.2 Å². The maximum absolute atomic E-state index is 11.7. The van der Waals surface area contributed by atoms with Crippen LogP contribution in [-0.4, -0.2) is 21.4 Å². The molecule has 0 radical (unpaired) electrons. The van der Waals surface area contributed by atoms with Gasteiger partial charge in [-0.25, -0.2) is 4.79 Å². The molecule has 0 unspecified atom stereocenters. The van der Waals surface area contributed by atoms with Gasteiger partial charge in [0, 0.05) is 0 Å². The summed E-state index contributed by atoms with van der Waals surface area (Å²) in [7, 11) is -0.556. The summed E-state index contributed by atoms with van der Waals surface area (Å²) < 4.78 is 11.6. The zero-order valence-electron chi connectivity index (χ0n) is 12.3. The maximum Gasteiger partial charge on any atom is 0.339 e. The van der Waals surface area contributed by atoms with Crippen molar-refractivity contribution in [3.63, 3.8) is 0 Å². The van der Waals surface area contributed by atoms with Crippen LogP contribution in [0.25, 0.3) is 0 Å². The zero-order chi connectivity index (χ0) is 14.8. The molecule has 0 amide bonds. The highest BCUT2D eigenvalue weighted by Crippen LogP contribution is 2.40. The van der Waals surface area contributed by atoms with Crippen LogP contribution in [0.3, 0.4) is 0 Å². The minimum Gasteiger partial charge on any atom is -0.543 e. The van der Waals surface area contributed by atoms with Crippen LogP contribution < -0.4 is 4.43 Å². The summed E-state index contributed by atoms with van der Waals surface area (Å²) in [6.45, 7) is 10.9. The van der Waals surface area contributed by atoms with Crippen molar-refractivity contribution in [1.82, 2.24) is 0 Å². The predicted molar refractivity (Wildman–Crippen MR) is 83.3 cm³/mol. The molecule has 1 rings (SSSR count). The molecular formula is C14H21BrO3Si. The van der Waals surface area contributed by atoms with Gasteiger partial charge in [0.1, 0.15) is 5.75 Å². The number of esters is 1. The van der Waals surface area contributed by atoms with E-state index in [9.17, 15) is 4.79 Å². The van der Waals surface area contributed by atoms with Gasteiger partial charge in [0.05, 0.1) is 17.1 Å². The van der Waals surface area contributed by atoms with Gasteiger partial charge in [-0.3, -0.25) is 0 Å². The number of halogens is 1. The Balaban J connectivity index is 3.14. The highest BCUT2D eigenvalue weighted by atomic mass is 79.9. The number of methoxy groups -OCH3 is 1. The Hall–Kier alpha value is -0.813. The summed E-state index contributed by atoms with van der Waals surface area (Å²) in [5.74, 6) is 0.335. The molecule has 1 aromatic rings. The summed E-state index contributed by atoms with van der Waals surface area (Å²) in [4.78, 5) is 11.7. The lowest BCUT2D eigenvalue weighted by Gasteiger charge is -2.36. The first-order valence-corrected chi connectivity index (χ1v) is 9.86. The lowest BCUT2D eigenvalue weighted by atomic mass is 10.2. The molecule has 0 saturated heterocycles. The molecular weight excluding hydrogens is 324 g/mol. The lowest BCUT2D eigenvalue weighted by Crippen LogP contribution is -2.44. The second-order valence-corrected chi connectivity index (χ2v) is 11.5. The van der Waals surface area contributed by atoms with Gasteiger partial charge in [0.2, 0.25) is 0 Å². The first-order valence-electron chi connectivity index (χ1n) is 6.16. The zero-order valence-corrected chi connectivity index (χ0v) is 14.9. The summed E-state index contributed by atoms with van der Waals surface area (Å²) in [5, 5.41) is 0.105. The third kappa shape index (κ3) is 3.60. The first kappa shape index (κ1) is 16.2. The highest BCUT2D eigenvalue weighted by Gasteiger charge is 2.39. The predicted octanol–water partition coefficient (Wildman–Crippen LogP) is 4.62. The van der Waals surface area contributed by atoms with Gasteiger partial charge in [0.15, 0.2) is 0 Å². The van der Waals surface area contributed by atoms with Crippen molar-refractivity contribution in [2.75, 3.05) is 7.11 Å². The second kappa shape index (κ2) is 5.67. The van der Waals surface area contributed by atoms with Crippen LogP contribution in [-0.2, 0) is 4.74 Å². The highest BCUT2D eigenvalue weighted by molar-refractivity contribution is 9.10. The molecule has 0 N–H and O–H groups in total. The number of carbonyl (C=O) groups is 1. The third-order valence-corrected chi connectivity index (χ3v) is 8.70. The van der Waals surface area contributed by atoms with Gasteiger partial charge in [0.25, 0.3) is 8.32 Å². The van der Waals surface area contributed by atoms with Crippen LogP contribution in [0.4, 0.5) is 0 Å². The van der Waals surface area contributed by atoms with E-state index < -0.39 is 8.32 Å². The molecule has 0 aromatic heterocycles. The molecule has 0 spiro atoms. The van der Waals surface area contributed by atoms with E-state index in [1.807, 2.05) is 6.07 Å². The van der Waals surface area contributed by atoms with Crippen molar-refractivity contribution in [3.8, 4) is 5.75 Å². The topological polar surface area (TPSA) is 35.5 Å². The van der Waals surface area contributed by atoms with Crippen LogP contribution in [0.2, 0.25) is 18.1 Å². The van der Waals surface area contributed by atoms with Gasteiger partial charge in [-0.1, -0.05) is 26.8 Å². The largest absolute Gasteiger partial charge is 0.543 e. The van der Waals surface area contributed by atoms with E-state index in [0.29, 0.717) is 15.8 Å². The summed E-state index contributed by atoms with van der Waals surface area (Å²) in [6, 6.07) is 5.39. The van der Waals surface area contributed by atoms with Gasteiger partial charge in [-0.2, -0.15) is 0 Å². The summed E-state index contributed by atoms with van der Waals surface area (Å²) in [6.07, 6.45) is 0. The molecule has 1 aromatic carbocycles. The Labute approximate surface area is 124 Å². The second-order valence-electron chi connectivity index (χ2n) is 5.97. The molecule has 5 heteroatoms.